The molecule has 1 atom stereocenters. The molecule has 1 unspecified atom stereocenters. The lowest BCUT2D eigenvalue weighted by atomic mass is 9.42. The van der Waals surface area contributed by atoms with Gasteiger partial charge < -0.3 is 9.47 Å². The molecular formula is C43H60O2. The average Bonchev–Trinajstić information content (AvgIpc) is 3.70. The van der Waals surface area contributed by atoms with Gasteiger partial charge in [-0.15, -0.1) is 0 Å². The predicted molar refractivity (Wildman–Crippen MR) is 180 cm³/mol. The van der Waals surface area contributed by atoms with E-state index >= 15 is 0 Å². The Morgan fingerprint density at radius 1 is 0.600 bits per heavy atom. The van der Waals surface area contributed by atoms with Crippen LogP contribution in [0.3, 0.4) is 0 Å². The number of rotatable bonds is 7. The smallest absolute Gasteiger partial charge is 0.123 e. The maximum absolute atomic E-state index is 7.30. The second-order valence-corrected chi connectivity index (χ2v) is 20.9. The molecule has 2 nitrogen and oxygen atoms in total. The molecule has 1 heterocycles. The van der Waals surface area contributed by atoms with E-state index in [4.69, 9.17) is 9.47 Å². The van der Waals surface area contributed by atoms with Crippen LogP contribution in [-0.2, 0) is 21.0 Å². The summed E-state index contributed by atoms with van der Waals surface area (Å²) in [6.07, 6.45) is 27.1. The van der Waals surface area contributed by atoms with Gasteiger partial charge in [-0.25, -0.2) is 0 Å². The van der Waals surface area contributed by atoms with E-state index < -0.39 is 0 Å². The SMILES string of the molecule is CC(C)c1c(C23CC4CC(CC(C4)C2)C3)c(OCC2(C)CO2)cc(C23CC4CC(CC(C4)C2)C3)c1C12CC3CC(CC(C3)C1)C2. The zero-order valence-electron chi connectivity index (χ0n) is 28.8. The molecule has 12 saturated carbocycles. The van der Waals surface area contributed by atoms with Crippen molar-refractivity contribution < 1.29 is 9.47 Å². The van der Waals surface area contributed by atoms with E-state index in [1.807, 2.05) is 16.7 Å². The molecule has 12 bridgehead atoms. The van der Waals surface area contributed by atoms with E-state index in [1.165, 1.54) is 102 Å². The van der Waals surface area contributed by atoms with Crippen molar-refractivity contribution in [3.63, 3.8) is 0 Å². The van der Waals surface area contributed by atoms with Crippen LogP contribution in [-0.4, -0.2) is 18.8 Å². The normalized spacial score (nSPS) is 52.8. The van der Waals surface area contributed by atoms with Crippen LogP contribution in [0.25, 0.3) is 0 Å². The van der Waals surface area contributed by atoms with Gasteiger partial charge in [-0.2, -0.15) is 0 Å². The summed E-state index contributed by atoms with van der Waals surface area (Å²) in [5, 5.41) is 0. The molecule has 0 spiro atoms. The monoisotopic (exact) mass is 608 g/mol. The molecule has 14 rings (SSSR count). The molecule has 13 fully saturated rings. The molecule has 1 aliphatic heterocycles. The molecule has 244 valence electrons. The van der Waals surface area contributed by atoms with Crippen molar-refractivity contribution in [3.8, 4) is 5.75 Å². The highest BCUT2D eigenvalue weighted by atomic mass is 16.6. The first-order valence-electron chi connectivity index (χ1n) is 20.2. The first-order valence-corrected chi connectivity index (χ1v) is 20.2. The molecule has 1 saturated heterocycles. The Bertz CT molecular complexity index is 1300. The van der Waals surface area contributed by atoms with Gasteiger partial charge in [-0.05, 0) is 215 Å². The Labute approximate surface area is 273 Å². The molecule has 12 aliphatic carbocycles. The van der Waals surface area contributed by atoms with Crippen LogP contribution in [0.5, 0.6) is 5.75 Å². The van der Waals surface area contributed by atoms with E-state index in [1.54, 1.807) is 24.8 Å². The molecule has 0 radical (unpaired) electrons. The number of benzene rings is 1. The molecule has 1 aromatic carbocycles. The first kappa shape index (κ1) is 27.9. The fourth-order valence-electron chi connectivity index (χ4n) is 16.6. The van der Waals surface area contributed by atoms with Crippen LogP contribution in [0.15, 0.2) is 6.07 Å². The standard InChI is InChI=1S/C43H60O2/c1-25(2)37-38(42-17-29-7-30(18-42)9-31(8-29)19-42)35(41-14-26-4-27(15-41)6-28(5-26)16-41)13-36(44-23-40(3)24-45-40)39(37)43-20-32-10-33(21-43)12-34(11-32)22-43/h13,25-34H,4-12,14-24H2,1-3H3. The highest BCUT2D eigenvalue weighted by Crippen LogP contribution is 2.69. The third kappa shape index (κ3) is 4.08. The lowest BCUT2D eigenvalue weighted by molar-refractivity contribution is -0.0195. The van der Waals surface area contributed by atoms with Crippen LogP contribution >= 0.6 is 0 Å². The van der Waals surface area contributed by atoms with Gasteiger partial charge in [0, 0.05) is 11.0 Å². The summed E-state index contributed by atoms with van der Waals surface area (Å²) in [5.74, 6) is 10.7. The number of epoxide rings is 1. The van der Waals surface area contributed by atoms with E-state index in [-0.39, 0.29) is 5.60 Å². The molecule has 0 aromatic heterocycles. The van der Waals surface area contributed by atoms with Crippen molar-refractivity contribution in [1.82, 2.24) is 0 Å². The minimum Gasteiger partial charge on any atom is -0.490 e. The van der Waals surface area contributed by atoms with Gasteiger partial charge in [0.05, 0.1) is 6.61 Å². The Balaban J connectivity index is 1.18. The average molecular weight is 609 g/mol. The van der Waals surface area contributed by atoms with Crippen LogP contribution in [0.4, 0.5) is 0 Å². The summed E-state index contributed by atoms with van der Waals surface area (Å²) in [7, 11) is 0. The summed E-state index contributed by atoms with van der Waals surface area (Å²) in [5.41, 5.74) is 8.64. The van der Waals surface area contributed by atoms with Crippen molar-refractivity contribution >= 4 is 0 Å². The second-order valence-electron chi connectivity index (χ2n) is 20.9. The van der Waals surface area contributed by atoms with Gasteiger partial charge in [0.2, 0.25) is 0 Å². The van der Waals surface area contributed by atoms with Crippen molar-refractivity contribution in [2.45, 2.75) is 164 Å². The van der Waals surface area contributed by atoms with E-state index in [9.17, 15) is 0 Å². The molecule has 0 N–H and O–H groups in total. The fraction of sp³-hybridized carbons (Fsp3) is 0.860. The summed E-state index contributed by atoms with van der Waals surface area (Å²) in [4.78, 5) is 0. The molecule has 2 heteroatoms. The number of hydrogen-bond acceptors (Lipinski definition) is 2. The van der Waals surface area contributed by atoms with Crippen molar-refractivity contribution in [3.05, 3.63) is 28.3 Å². The van der Waals surface area contributed by atoms with Gasteiger partial charge in [0.15, 0.2) is 0 Å². The van der Waals surface area contributed by atoms with E-state index in [0.29, 0.717) is 22.2 Å². The Morgan fingerprint density at radius 2 is 0.956 bits per heavy atom. The minimum atomic E-state index is -0.0732. The van der Waals surface area contributed by atoms with Gasteiger partial charge in [0.25, 0.3) is 0 Å². The summed E-state index contributed by atoms with van der Waals surface area (Å²) in [6.45, 7) is 9.11. The number of hydrogen-bond donors (Lipinski definition) is 0. The van der Waals surface area contributed by atoms with Crippen molar-refractivity contribution in [1.29, 1.82) is 0 Å². The predicted octanol–water partition coefficient (Wildman–Crippen LogP) is 10.4. The third-order valence-electron chi connectivity index (χ3n) is 16.8. The highest BCUT2D eigenvalue weighted by Gasteiger charge is 2.60. The van der Waals surface area contributed by atoms with E-state index in [2.05, 4.69) is 26.8 Å². The summed E-state index contributed by atoms with van der Waals surface area (Å²) >= 11 is 0. The van der Waals surface area contributed by atoms with Crippen LogP contribution < -0.4 is 4.74 Å². The fourth-order valence-corrected chi connectivity index (χ4v) is 16.6. The maximum Gasteiger partial charge on any atom is 0.123 e. The van der Waals surface area contributed by atoms with Gasteiger partial charge in [0.1, 0.15) is 18.0 Å². The lowest BCUT2D eigenvalue weighted by Gasteiger charge is -2.62. The quantitative estimate of drug-likeness (QED) is 0.287. The van der Waals surface area contributed by atoms with Crippen LogP contribution in [0.1, 0.15) is 165 Å². The largest absolute Gasteiger partial charge is 0.490 e. The minimum absolute atomic E-state index is 0.0732. The van der Waals surface area contributed by atoms with E-state index in [0.717, 1.165) is 66.5 Å². The van der Waals surface area contributed by atoms with Gasteiger partial charge >= 0.3 is 0 Å². The topological polar surface area (TPSA) is 21.8 Å². The first-order chi connectivity index (χ1) is 21.7. The zero-order valence-corrected chi connectivity index (χ0v) is 28.8. The lowest BCUT2D eigenvalue weighted by Crippen LogP contribution is -2.54. The van der Waals surface area contributed by atoms with Crippen LogP contribution in [0, 0.1) is 53.3 Å². The Kier molecular flexibility index (Phi) is 5.67. The zero-order chi connectivity index (χ0) is 29.9. The summed E-state index contributed by atoms with van der Waals surface area (Å²) in [6, 6.07) is 2.84. The molecule has 13 aliphatic rings. The van der Waals surface area contributed by atoms with Crippen molar-refractivity contribution in [2.24, 2.45) is 53.3 Å². The summed E-state index contributed by atoms with van der Waals surface area (Å²) < 4.78 is 13.3. The highest BCUT2D eigenvalue weighted by molar-refractivity contribution is 5.61. The Morgan fingerprint density at radius 3 is 1.31 bits per heavy atom. The number of ether oxygens (including phenoxy) is 2. The molecule has 1 aromatic rings. The van der Waals surface area contributed by atoms with Gasteiger partial charge in [-0.1, -0.05) is 13.8 Å². The van der Waals surface area contributed by atoms with Crippen LogP contribution in [0.2, 0.25) is 0 Å². The van der Waals surface area contributed by atoms with Crippen molar-refractivity contribution in [2.75, 3.05) is 13.2 Å². The molecule has 45 heavy (non-hydrogen) atoms. The second kappa shape index (κ2) is 9.15. The van der Waals surface area contributed by atoms with Gasteiger partial charge in [-0.3, -0.25) is 0 Å². The Hall–Kier alpha value is -1.02. The third-order valence-corrected chi connectivity index (χ3v) is 16.8. The maximum atomic E-state index is 7.30. The molecular weight excluding hydrogens is 548 g/mol. The molecule has 0 amide bonds.